The molecule has 0 bridgehead atoms. The van der Waals surface area contributed by atoms with Crippen LogP contribution in [0, 0.1) is 6.92 Å². The maximum atomic E-state index is 13.8. The summed E-state index contributed by atoms with van der Waals surface area (Å²) < 4.78 is 5.29. The Labute approximate surface area is 202 Å². The van der Waals surface area contributed by atoms with E-state index < -0.39 is 41.1 Å². The molecule has 1 aromatic rings. The highest BCUT2D eigenvalue weighted by Crippen LogP contribution is 2.36. The summed E-state index contributed by atoms with van der Waals surface area (Å²) in [5, 5.41) is 16.2. The summed E-state index contributed by atoms with van der Waals surface area (Å²) in [7, 11) is 0. The third-order valence-corrected chi connectivity index (χ3v) is 5.00. The van der Waals surface area contributed by atoms with Crippen molar-refractivity contribution in [3.63, 3.8) is 0 Å². The van der Waals surface area contributed by atoms with E-state index in [1.165, 1.54) is 4.90 Å². The zero-order valence-electron chi connectivity index (χ0n) is 21.1. The highest BCUT2D eigenvalue weighted by molar-refractivity contribution is 7.80. The predicted molar refractivity (Wildman–Crippen MR) is 132 cm³/mol. The number of nitrogens with zero attached hydrogens (tertiary/aromatic N) is 1. The molecule has 1 aromatic carbocycles. The van der Waals surface area contributed by atoms with Gasteiger partial charge in [0.1, 0.15) is 23.4 Å². The topological polar surface area (TPSA) is 108 Å². The van der Waals surface area contributed by atoms with Crippen molar-refractivity contribution in [3.05, 3.63) is 29.3 Å². The number of thiol groups is 1. The summed E-state index contributed by atoms with van der Waals surface area (Å²) in [6.45, 7) is 15.9. The van der Waals surface area contributed by atoms with Crippen LogP contribution in [0.3, 0.4) is 0 Å². The molecule has 8 nitrogen and oxygen atoms in total. The predicted octanol–water partition coefficient (Wildman–Crippen LogP) is 3.72. The van der Waals surface area contributed by atoms with E-state index in [0.29, 0.717) is 11.1 Å². The maximum Gasteiger partial charge on any atom is 0.408 e. The molecule has 0 aliphatic carbocycles. The summed E-state index contributed by atoms with van der Waals surface area (Å²) in [6.07, 6.45) is -0.759. The molecular weight excluding hydrogens is 442 g/mol. The second-order valence-electron chi connectivity index (χ2n) is 10.3. The first-order valence-corrected chi connectivity index (χ1v) is 11.6. The van der Waals surface area contributed by atoms with Gasteiger partial charge in [0.25, 0.3) is 0 Å². The fraction of sp³-hybridized carbons (Fsp3) is 0.625. The number of ether oxygens (including phenoxy) is 1. The standard InChI is InChI=1S/C24H39N3O5S/c1-14(2)25-20(29)18(16-12-10-11-15(3)19(16)28)27(23(4,5)6)21(30)17(13-33)26-22(31)32-24(7,8)9/h10-12,14,17-18,28,33H,13H2,1-9H3,(H,25,29)(H,26,31). The average Bonchev–Trinajstić information content (AvgIpc) is 2.63. The van der Waals surface area contributed by atoms with Crippen LogP contribution in [0.4, 0.5) is 4.79 Å². The van der Waals surface area contributed by atoms with Crippen LogP contribution >= 0.6 is 12.6 Å². The fourth-order valence-electron chi connectivity index (χ4n) is 3.31. The number of para-hydroxylation sites is 1. The Hall–Kier alpha value is -2.42. The molecule has 0 heterocycles. The molecule has 1 rings (SSSR count). The number of hydrogen-bond acceptors (Lipinski definition) is 6. The van der Waals surface area contributed by atoms with E-state index in [1.807, 2.05) is 13.8 Å². The molecule has 2 atom stereocenters. The molecule has 186 valence electrons. The first-order valence-electron chi connectivity index (χ1n) is 11.0. The van der Waals surface area contributed by atoms with Gasteiger partial charge in [-0.3, -0.25) is 9.59 Å². The zero-order chi connectivity index (χ0) is 25.7. The monoisotopic (exact) mass is 481 g/mol. The number of phenolic OH excluding ortho intramolecular Hbond substituents is 1. The quantitative estimate of drug-likeness (QED) is 0.444. The molecule has 0 spiro atoms. The van der Waals surface area contributed by atoms with Crippen LogP contribution in [0.5, 0.6) is 5.75 Å². The number of benzene rings is 1. The van der Waals surface area contributed by atoms with Gasteiger partial charge in [0.2, 0.25) is 11.8 Å². The number of aryl methyl sites for hydroxylation is 1. The summed E-state index contributed by atoms with van der Waals surface area (Å²) in [4.78, 5) is 40.9. The van der Waals surface area contributed by atoms with E-state index in [9.17, 15) is 19.5 Å². The van der Waals surface area contributed by atoms with Crippen molar-refractivity contribution in [1.82, 2.24) is 15.5 Å². The lowest BCUT2D eigenvalue weighted by molar-refractivity contribution is -0.148. The van der Waals surface area contributed by atoms with E-state index >= 15 is 0 Å². The lowest BCUT2D eigenvalue weighted by Gasteiger charge is -2.43. The van der Waals surface area contributed by atoms with Gasteiger partial charge in [-0.15, -0.1) is 0 Å². The van der Waals surface area contributed by atoms with Crippen molar-refractivity contribution >= 4 is 30.5 Å². The number of carbonyl (C=O) groups excluding carboxylic acids is 3. The Morgan fingerprint density at radius 1 is 1.09 bits per heavy atom. The van der Waals surface area contributed by atoms with Crippen LogP contribution < -0.4 is 10.6 Å². The molecule has 3 N–H and O–H groups in total. The van der Waals surface area contributed by atoms with Crippen molar-refractivity contribution in [1.29, 1.82) is 0 Å². The minimum Gasteiger partial charge on any atom is -0.507 e. The van der Waals surface area contributed by atoms with Crippen LogP contribution in [0.15, 0.2) is 18.2 Å². The first-order chi connectivity index (χ1) is 15.0. The van der Waals surface area contributed by atoms with Gasteiger partial charge < -0.3 is 25.4 Å². The molecule has 2 unspecified atom stereocenters. The number of amides is 3. The maximum absolute atomic E-state index is 13.8. The molecule has 3 amide bonds. The molecule has 9 heteroatoms. The minimum absolute atomic E-state index is 0.0109. The largest absolute Gasteiger partial charge is 0.507 e. The Bertz CT molecular complexity index is 859. The third-order valence-electron chi connectivity index (χ3n) is 4.63. The lowest BCUT2D eigenvalue weighted by Crippen LogP contribution is -2.59. The SMILES string of the molecule is Cc1cccc(C(C(=O)NC(C)C)N(C(=O)C(CS)NC(=O)OC(C)(C)C)C(C)(C)C)c1O. The normalized spacial score (nSPS) is 13.8. The Morgan fingerprint density at radius 2 is 1.67 bits per heavy atom. The number of phenols is 1. The van der Waals surface area contributed by atoms with Crippen LogP contribution in [0.25, 0.3) is 0 Å². The van der Waals surface area contributed by atoms with Crippen molar-refractivity contribution in [2.24, 2.45) is 0 Å². The van der Waals surface area contributed by atoms with Gasteiger partial charge in [-0.1, -0.05) is 18.2 Å². The number of hydrogen-bond donors (Lipinski definition) is 4. The average molecular weight is 482 g/mol. The molecule has 0 fully saturated rings. The summed E-state index contributed by atoms with van der Waals surface area (Å²) in [6, 6.07) is 2.69. The van der Waals surface area contributed by atoms with Crippen LogP contribution in [-0.2, 0) is 14.3 Å². The van der Waals surface area contributed by atoms with Crippen LogP contribution in [0.1, 0.15) is 72.6 Å². The van der Waals surface area contributed by atoms with Gasteiger partial charge in [-0.05, 0) is 67.9 Å². The molecule has 33 heavy (non-hydrogen) atoms. The summed E-state index contributed by atoms with van der Waals surface area (Å²) in [5.74, 6) is -1.04. The number of nitrogens with one attached hydrogen (secondary N) is 2. The van der Waals surface area contributed by atoms with Crippen LogP contribution in [0.2, 0.25) is 0 Å². The number of alkyl carbamates (subject to hydrolysis) is 1. The molecule has 0 saturated heterocycles. The zero-order valence-corrected chi connectivity index (χ0v) is 22.0. The van der Waals surface area contributed by atoms with E-state index in [-0.39, 0.29) is 17.5 Å². The summed E-state index contributed by atoms with van der Waals surface area (Å²) >= 11 is 4.26. The number of aromatic hydroxyl groups is 1. The molecule has 0 aliphatic heterocycles. The number of rotatable bonds is 7. The fourth-order valence-corrected chi connectivity index (χ4v) is 3.56. The van der Waals surface area contributed by atoms with E-state index in [4.69, 9.17) is 4.74 Å². The van der Waals surface area contributed by atoms with Gasteiger partial charge in [-0.25, -0.2) is 4.79 Å². The Morgan fingerprint density at radius 3 is 2.12 bits per heavy atom. The van der Waals surface area contributed by atoms with Crippen molar-refractivity contribution in [2.75, 3.05) is 5.75 Å². The van der Waals surface area contributed by atoms with Gasteiger partial charge in [0.05, 0.1) is 0 Å². The first kappa shape index (κ1) is 28.6. The Balaban J connectivity index is 3.55. The second kappa shape index (κ2) is 11.1. The van der Waals surface area contributed by atoms with Gasteiger partial charge in [-0.2, -0.15) is 12.6 Å². The molecule has 0 radical (unpaired) electrons. The summed E-state index contributed by atoms with van der Waals surface area (Å²) in [5.41, 5.74) is -0.714. The highest BCUT2D eigenvalue weighted by atomic mass is 32.1. The number of carbonyl (C=O) groups is 3. The van der Waals surface area contributed by atoms with Crippen LogP contribution in [-0.4, -0.2) is 56.9 Å². The second-order valence-corrected chi connectivity index (χ2v) is 10.7. The smallest absolute Gasteiger partial charge is 0.408 e. The van der Waals surface area contributed by atoms with E-state index in [0.717, 1.165) is 0 Å². The molecule has 0 saturated carbocycles. The molecular formula is C24H39N3O5S. The van der Waals surface area contributed by atoms with Crippen molar-refractivity contribution in [2.45, 2.75) is 91.6 Å². The highest BCUT2D eigenvalue weighted by Gasteiger charge is 2.42. The van der Waals surface area contributed by atoms with E-state index in [2.05, 4.69) is 23.3 Å². The molecule has 0 aromatic heterocycles. The van der Waals surface area contributed by atoms with Gasteiger partial charge in [0, 0.05) is 22.9 Å². The van der Waals surface area contributed by atoms with Gasteiger partial charge in [0.15, 0.2) is 0 Å². The lowest BCUT2D eigenvalue weighted by atomic mass is 9.94. The Kier molecular flexibility index (Phi) is 9.66. The van der Waals surface area contributed by atoms with Crippen molar-refractivity contribution < 1.29 is 24.2 Å². The third kappa shape index (κ3) is 8.14. The minimum atomic E-state index is -1.14. The molecule has 0 aliphatic rings. The van der Waals surface area contributed by atoms with Crippen molar-refractivity contribution in [3.8, 4) is 5.75 Å². The van der Waals surface area contributed by atoms with Gasteiger partial charge >= 0.3 is 6.09 Å². The van der Waals surface area contributed by atoms with E-state index in [1.54, 1.807) is 66.7 Å².